The van der Waals surface area contributed by atoms with Gasteiger partial charge in [0.1, 0.15) is 5.88 Å². The Morgan fingerprint density at radius 2 is 1.76 bits per heavy atom. The van der Waals surface area contributed by atoms with E-state index in [-0.39, 0.29) is 34.8 Å². The van der Waals surface area contributed by atoms with Crippen molar-refractivity contribution in [3.05, 3.63) is 35.9 Å². The number of sulfone groups is 1. The Labute approximate surface area is 205 Å². The van der Waals surface area contributed by atoms with Crippen LogP contribution >= 0.6 is 0 Å². The van der Waals surface area contributed by atoms with Crippen molar-refractivity contribution < 1.29 is 13.2 Å². The zero-order chi connectivity index (χ0) is 24.1. The van der Waals surface area contributed by atoms with E-state index >= 15 is 0 Å². The van der Waals surface area contributed by atoms with Gasteiger partial charge in [-0.25, -0.2) is 13.2 Å². The lowest BCUT2D eigenvalue weighted by Gasteiger charge is -2.51. The van der Waals surface area contributed by atoms with E-state index in [1.165, 1.54) is 18.4 Å². The maximum absolute atomic E-state index is 13.7. The van der Waals surface area contributed by atoms with E-state index in [4.69, 9.17) is 0 Å². The molecule has 4 aliphatic rings. The minimum atomic E-state index is -2.97. The highest BCUT2D eigenvalue weighted by Crippen LogP contribution is 2.50. The first-order valence-electron chi connectivity index (χ1n) is 12.9. The molecule has 7 nitrogen and oxygen atoms in total. The van der Waals surface area contributed by atoms with Gasteiger partial charge in [-0.05, 0) is 71.0 Å². The quantitative estimate of drug-likeness (QED) is 0.591. The molecule has 0 aromatic heterocycles. The first kappa shape index (κ1) is 24.1. The molecule has 2 heterocycles. The van der Waals surface area contributed by atoms with Crippen LogP contribution in [0.5, 0.6) is 0 Å². The molecule has 2 saturated carbocycles. The predicted molar refractivity (Wildman–Crippen MR) is 134 cm³/mol. The first-order valence-corrected chi connectivity index (χ1v) is 14.7. The van der Waals surface area contributed by atoms with Gasteiger partial charge in [-0.1, -0.05) is 30.3 Å². The lowest BCUT2D eigenvalue weighted by Crippen LogP contribution is -2.55. The summed E-state index contributed by atoms with van der Waals surface area (Å²) >= 11 is 0. The lowest BCUT2D eigenvalue weighted by atomic mass is 9.68. The third kappa shape index (κ3) is 4.37. The largest absolute Gasteiger partial charge is 0.321 e. The molecule has 5 rings (SSSR count). The molecule has 4 fully saturated rings. The van der Waals surface area contributed by atoms with Gasteiger partial charge in [-0.3, -0.25) is 9.80 Å². The normalized spacial score (nSPS) is 32.8. The molecule has 2 aliphatic heterocycles. The number of carbonyl (C=O) groups excluding carboxylic acids is 1. The second kappa shape index (κ2) is 8.79. The Kier molecular flexibility index (Phi) is 6.22. The molecule has 2 aliphatic carbocycles. The molecule has 34 heavy (non-hydrogen) atoms. The summed E-state index contributed by atoms with van der Waals surface area (Å²) in [5.74, 6) is 1.00. The van der Waals surface area contributed by atoms with Crippen LogP contribution in [0, 0.1) is 5.92 Å². The number of hydrogen-bond donors (Lipinski definition) is 0. The summed E-state index contributed by atoms with van der Waals surface area (Å²) in [5, 5.41) is 0. The van der Waals surface area contributed by atoms with Crippen molar-refractivity contribution in [1.82, 2.24) is 19.6 Å². The number of amides is 2. The molecule has 188 valence electrons. The molecule has 1 aromatic rings. The van der Waals surface area contributed by atoms with Crippen molar-refractivity contribution in [3.63, 3.8) is 0 Å². The summed E-state index contributed by atoms with van der Waals surface area (Å²) in [6.45, 7) is 4.89. The third-order valence-electron chi connectivity index (χ3n) is 9.03. The van der Waals surface area contributed by atoms with E-state index < -0.39 is 9.84 Å². The van der Waals surface area contributed by atoms with Gasteiger partial charge in [0.25, 0.3) is 0 Å². The molecule has 0 N–H and O–H groups in total. The number of nitrogens with zero attached hydrogens (tertiary/aromatic N) is 4. The van der Waals surface area contributed by atoms with Gasteiger partial charge in [0, 0.05) is 37.8 Å². The van der Waals surface area contributed by atoms with E-state index in [1.54, 1.807) is 0 Å². The van der Waals surface area contributed by atoms with Crippen LogP contribution < -0.4 is 0 Å². The monoisotopic (exact) mass is 488 g/mol. The number of hydrogen-bond acceptors (Lipinski definition) is 5. The minimum Gasteiger partial charge on any atom is -0.321 e. The fourth-order valence-corrected chi connectivity index (χ4v) is 8.11. The SMILES string of the molecule is CC(CN1CC2(CCC(c3ccccc3)(N(C)C)CC2)N(CC2CC2)C1=O)N1CCS(=O)(=O)C1. The molecular formula is C26H40N4O3S. The van der Waals surface area contributed by atoms with Crippen LogP contribution in [0.3, 0.4) is 0 Å². The maximum atomic E-state index is 13.7. The van der Waals surface area contributed by atoms with Gasteiger partial charge in [-0.15, -0.1) is 0 Å². The van der Waals surface area contributed by atoms with Crippen LogP contribution in [-0.2, 0) is 15.4 Å². The zero-order valence-corrected chi connectivity index (χ0v) is 21.8. The maximum Gasteiger partial charge on any atom is 0.320 e. The van der Waals surface area contributed by atoms with Crippen molar-refractivity contribution >= 4 is 15.9 Å². The summed E-state index contributed by atoms with van der Waals surface area (Å²) in [5.41, 5.74) is 1.27. The van der Waals surface area contributed by atoms with Gasteiger partial charge >= 0.3 is 6.03 Å². The van der Waals surface area contributed by atoms with Crippen LogP contribution in [0.1, 0.15) is 51.0 Å². The molecule has 2 amide bonds. The van der Waals surface area contributed by atoms with Crippen molar-refractivity contribution in [1.29, 1.82) is 0 Å². The van der Waals surface area contributed by atoms with Crippen molar-refractivity contribution in [2.45, 2.75) is 62.6 Å². The Hall–Kier alpha value is -1.64. The molecule has 1 atom stereocenters. The molecule has 1 spiro atoms. The smallest absolute Gasteiger partial charge is 0.320 e. The highest BCUT2D eigenvalue weighted by Gasteiger charge is 2.55. The van der Waals surface area contributed by atoms with Crippen molar-refractivity contribution in [3.8, 4) is 0 Å². The number of urea groups is 1. The lowest BCUT2D eigenvalue weighted by molar-refractivity contribution is 0.0231. The van der Waals surface area contributed by atoms with Crippen molar-refractivity contribution in [2.24, 2.45) is 5.92 Å². The van der Waals surface area contributed by atoms with Crippen LogP contribution in [-0.4, -0.2) is 97.5 Å². The van der Waals surface area contributed by atoms with Crippen LogP contribution in [0.2, 0.25) is 0 Å². The van der Waals surface area contributed by atoms with E-state index in [0.29, 0.717) is 19.0 Å². The van der Waals surface area contributed by atoms with Gasteiger partial charge in [0.15, 0.2) is 9.84 Å². The average molecular weight is 489 g/mol. The average Bonchev–Trinajstić information content (AvgIpc) is 3.52. The van der Waals surface area contributed by atoms with Gasteiger partial charge in [0.05, 0.1) is 11.3 Å². The van der Waals surface area contributed by atoms with Crippen LogP contribution in [0.4, 0.5) is 4.79 Å². The van der Waals surface area contributed by atoms with E-state index in [1.807, 2.05) is 9.80 Å². The number of rotatable bonds is 7. The molecule has 0 bridgehead atoms. The topological polar surface area (TPSA) is 64.2 Å². The first-order chi connectivity index (χ1) is 16.1. The zero-order valence-electron chi connectivity index (χ0n) is 20.9. The predicted octanol–water partition coefficient (Wildman–Crippen LogP) is 2.98. The molecule has 1 unspecified atom stereocenters. The van der Waals surface area contributed by atoms with Crippen molar-refractivity contribution in [2.75, 3.05) is 51.9 Å². The van der Waals surface area contributed by atoms with Gasteiger partial charge in [-0.2, -0.15) is 0 Å². The van der Waals surface area contributed by atoms with Crippen LogP contribution in [0.15, 0.2) is 30.3 Å². The highest BCUT2D eigenvalue weighted by atomic mass is 32.2. The molecule has 8 heteroatoms. The molecule has 2 saturated heterocycles. The van der Waals surface area contributed by atoms with Gasteiger partial charge < -0.3 is 9.80 Å². The van der Waals surface area contributed by atoms with E-state index in [9.17, 15) is 13.2 Å². The second-order valence-corrected chi connectivity index (χ2v) is 13.6. The standard InChI is InChI=1S/C26H40N4O3S/c1-21(28-15-16-34(32,33)20-28)17-29-19-25(30(24(29)31)18-22-9-10-22)11-13-26(14-12-25,27(2)3)23-7-5-4-6-8-23/h4-8,21-22H,9-20H2,1-3H3. The summed E-state index contributed by atoms with van der Waals surface area (Å²) in [6.07, 6.45) is 6.53. The summed E-state index contributed by atoms with van der Waals surface area (Å²) in [6, 6.07) is 11.0. The second-order valence-electron chi connectivity index (χ2n) is 11.5. The third-order valence-corrected chi connectivity index (χ3v) is 10.6. The van der Waals surface area contributed by atoms with Crippen LogP contribution in [0.25, 0.3) is 0 Å². The summed E-state index contributed by atoms with van der Waals surface area (Å²) < 4.78 is 23.9. The van der Waals surface area contributed by atoms with E-state index in [2.05, 4.69) is 61.2 Å². The Morgan fingerprint density at radius 3 is 2.32 bits per heavy atom. The fourth-order valence-electron chi connectivity index (χ4n) is 6.57. The Balaban J connectivity index is 1.34. The number of benzene rings is 1. The van der Waals surface area contributed by atoms with E-state index in [0.717, 1.165) is 38.8 Å². The van der Waals surface area contributed by atoms with Gasteiger partial charge in [0.2, 0.25) is 0 Å². The summed E-state index contributed by atoms with van der Waals surface area (Å²) in [7, 11) is 1.40. The Bertz CT molecular complexity index is 1000. The molecular weight excluding hydrogens is 448 g/mol. The number of carbonyl (C=O) groups is 1. The highest BCUT2D eigenvalue weighted by molar-refractivity contribution is 7.91. The molecule has 0 radical (unpaired) electrons. The summed E-state index contributed by atoms with van der Waals surface area (Å²) in [4.78, 5) is 22.3. The fraction of sp³-hybridized carbons (Fsp3) is 0.731. The Morgan fingerprint density at radius 1 is 1.09 bits per heavy atom. The minimum absolute atomic E-state index is 0.00539. The molecule has 1 aromatic carbocycles.